The molecule has 0 aliphatic carbocycles. The third kappa shape index (κ3) is 5.30. The molecular formula is C15H23N3O2. The lowest BCUT2D eigenvalue weighted by atomic mass is 10.1. The molecule has 2 amide bonds. The number of nitrogens with one attached hydrogen (secondary N) is 1. The molecule has 0 aliphatic heterocycles. The number of hydrogen-bond acceptors (Lipinski definition) is 3. The van der Waals surface area contributed by atoms with Gasteiger partial charge in [-0.15, -0.1) is 0 Å². The summed E-state index contributed by atoms with van der Waals surface area (Å²) in [6.45, 7) is 0.271. The maximum absolute atomic E-state index is 11.6. The van der Waals surface area contributed by atoms with Crippen LogP contribution in [0.2, 0.25) is 0 Å². The first-order chi connectivity index (χ1) is 9.40. The first-order valence-corrected chi connectivity index (χ1v) is 6.63. The highest BCUT2D eigenvalue weighted by atomic mass is 16.2. The van der Waals surface area contributed by atoms with E-state index in [1.165, 1.54) is 0 Å². The van der Waals surface area contributed by atoms with E-state index in [0.717, 1.165) is 11.3 Å². The smallest absolute Gasteiger partial charge is 0.241 e. The van der Waals surface area contributed by atoms with Gasteiger partial charge in [0, 0.05) is 40.3 Å². The van der Waals surface area contributed by atoms with Crippen LogP contribution in [0, 0.1) is 0 Å². The summed E-state index contributed by atoms with van der Waals surface area (Å²) in [5.41, 5.74) is 1.98. The molecule has 0 aromatic heterocycles. The zero-order chi connectivity index (χ0) is 15.1. The van der Waals surface area contributed by atoms with Crippen LogP contribution in [0.1, 0.15) is 12.0 Å². The van der Waals surface area contributed by atoms with Gasteiger partial charge in [-0.05, 0) is 24.1 Å². The molecule has 0 unspecified atom stereocenters. The Morgan fingerprint density at radius 3 is 2.30 bits per heavy atom. The lowest BCUT2D eigenvalue weighted by Gasteiger charge is -2.13. The van der Waals surface area contributed by atoms with Gasteiger partial charge in [-0.1, -0.05) is 12.1 Å². The molecule has 0 fully saturated rings. The number of anilines is 1. The standard InChI is InChI=1S/C15H23N3O2/c1-17(2)14(19)9-8-12-6-5-7-13(10-12)16-11-15(20)18(3)4/h5-7,10,16H,8-9,11H2,1-4H3. The molecule has 1 aromatic rings. The second-order valence-electron chi connectivity index (χ2n) is 5.13. The summed E-state index contributed by atoms with van der Waals surface area (Å²) >= 11 is 0. The van der Waals surface area contributed by atoms with Crippen molar-refractivity contribution in [2.75, 3.05) is 40.1 Å². The summed E-state index contributed by atoms with van der Waals surface area (Å²) in [4.78, 5) is 26.2. The van der Waals surface area contributed by atoms with E-state index < -0.39 is 0 Å². The van der Waals surface area contributed by atoms with Crippen LogP contribution < -0.4 is 5.32 Å². The van der Waals surface area contributed by atoms with Crippen LogP contribution in [-0.2, 0) is 16.0 Å². The van der Waals surface area contributed by atoms with Crippen molar-refractivity contribution in [1.82, 2.24) is 9.80 Å². The van der Waals surface area contributed by atoms with Crippen molar-refractivity contribution >= 4 is 17.5 Å². The van der Waals surface area contributed by atoms with Gasteiger partial charge in [0.25, 0.3) is 0 Å². The molecule has 1 N–H and O–H groups in total. The number of nitrogens with zero attached hydrogens (tertiary/aromatic N) is 2. The average molecular weight is 277 g/mol. The van der Waals surface area contributed by atoms with Crippen molar-refractivity contribution in [3.63, 3.8) is 0 Å². The number of rotatable bonds is 6. The van der Waals surface area contributed by atoms with Crippen molar-refractivity contribution in [1.29, 1.82) is 0 Å². The second kappa shape index (κ2) is 7.53. The van der Waals surface area contributed by atoms with Gasteiger partial charge in [0.2, 0.25) is 11.8 Å². The lowest BCUT2D eigenvalue weighted by molar-refractivity contribution is -0.128. The maximum atomic E-state index is 11.6. The van der Waals surface area contributed by atoms with Gasteiger partial charge in [0.15, 0.2) is 0 Å². The Hall–Kier alpha value is -2.04. The number of likely N-dealkylation sites (N-methyl/N-ethyl adjacent to an activating group) is 1. The van der Waals surface area contributed by atoms with Crippen LogP contribution in [0.3, 0.4) is 0 Å². The van der Waals surface area contributed by atoms with Gasteiger partial charge < -0.3 is 15.1 Å². The number of carbonyl (C=O) groups is 2. The van der Waals surface area contributed by atoms with Gasteiger partial charge in [-0.25, -0.2) is 0 Å². The molecule has 0 atom stereocenters. The first kappa shape index (κ1) is 16.0. The highest BCUT2D eigenvalue weighted by Crippen LogP contribution is 2.12. The molecule has 5 heteroatoms. The third-order valence-electron chi connectivity index (χ3n) is 3.00. The molecule has 5 nitrogen and oxygen atoms in total. The molecule has 0 saturated heterocycles. The van der Waals surface area contributed by atoms with Crippen molar-refractivity contribution in [3.8, 4) is 0 Å². The van der Waals surface area contributed by atoms with Crippen molar-refractivity contribution in [3.05, 3.63) is 29.8 Å². The Kier molecular flexibility index (Phi) is 6.03. The van der Waals surface area contributed by atoms with Crippen molar-refractivity contribution in [2.45, 2.75) is 12.8 Å². The average Bonchev–Trinajstić information content (AvgIpc) is 2.42. The minimum absolute atomic E-state index is 0.0261. The maximum Gasteiger partial charge on any atom is 0.241 e. The zero-order valence-corrected chi connectivity index (χ0v) is 12.6. The third-order valence-corrected chi connectivity index (χ3v) is 3.00. The van der Waals surface area contributed by atoms with E-state index in [-0.39, 0.29) is 18.4 Å². The fourth-order valence-electron chi connectivity index (χ4n) is 1.65. The molecule has 0 radical (unpaired) electrons. The van der Waals surface area contributed by atoms with E-state index in [4.69, 9.17) is 0 Å². The van der Waals surface area contributed by atoms with Gasteiger partial charge >= 0.3 is 0 Å². The normalized spacial score (nSPS) is 10.0. The van der Waals surface area contributed by atoms with E-state index >= 15 is 0 Å². The molecule has 20 heavy (non-hydrogen) atoms. The molecule has 0 saturated carbocycles. The number of amides is 2. The number of aryl methyl sites for hydroxylation is 1. The minimum atomic E-state index is 0.0261. The zero-order valence-electron chi connectivity index (χ0n) is 12.6. The summed E-state index contributed by atoms with van der Waals surface area (Å²) in [6, 6.07) is 7.81. The largest absolute Gasteiger partial charge is 0.376 e. The highest BCUT2D eigenvalue weighted by Gasteiger charge is 2.06. The molecule has 0 aliphatic rings. The first-order valence-electron chi connectivity index (χ1n) is 6.63. The van der Waals surface area contributed by atoms with Crippen molar-refractivity contribution < 1.29 is 9.59 Å². The van der Waals surface area contributed by atoms with Crippen LogP contribution in [0.15, 0.2) is 24.3 Å². The molecule has 1 aromatic carbocycles. The van der Waals surface area contributed by atoms with Crippen LogP contribution >= 0.6 is 0 Å². The predicted octanol–water partition coefficient (Wildman–Crippen LogP) is 1.21. The highest BCUT2D eigenvalue weighted by molar-refractivity contribution is 5.80. The summed E-state index contributed by atoms with van der Waals surface area (Å²) in [6.07, 6.45) is 1.20. The van der Waals surface area contributed by atoms with Crippen LogP contribution in [0.25, 0.3) is 0 Å². The molecule has 0 spiro atoms. The second-order valence-corrected chi connectivity index (χ2v) is 5.13. The van der Waals surface area contributed by atoms with E-state index in [1.807, 2.05) is 24.3 Å². The minimum Gasteiger partial charge on any atom is -0.376 e. The summed E-state index contributed by atoms with van der Waals surface area (Å²) in [7, 11) is 6.97. The fourth-order valence-corrected chi connectivity index (χ4v) is 1.65. The monoisotopic (exact) mass is 277 g/mol. The van der Waals surface area contributed by atoms with Crippen LogP contribution in [0.4, 0.5) is 5.69 Å². The van der Waals surface area contributed by atoms with E-state index in [0.29, 0.717) is 12.8 Å². The Labute approximate surface area is 120 Å². The molecule has 0 bridgehead atoms. The predicted molar refractivity (Wildman–Crippen MR) is 80.6 cm³/mol. The fraction of sp³-hybridized carbons (Fsp3) is 0.467. The Morgan fingerprint density at radius 1 is 1.05 bits per heavy atom. The van der Waals surface area contributed by atoms with Gasteiger partial charge in [-0.3, -0.25) is 9.59 Å². The topological polar surface area (TPSA) is 52.7 Å². The SMILES string of the molecule is CN(C)C(=O)CCc1cccc(NCC(=O)N(C)C)c1. The molecule has 110 valence electrons. The lowest BCUT2D eigenvalue weighted by Crippen LogP contribution is -2.28. The molecular weight excluding hydrogens is 254 g/mol. The Bertz CT molecular complexity index is 431. The number of hydrogen-bond donors (Lipinski definition) is 1. The van der Waals surface area contributed by atoms with Crippen LogP contribution in [-0.4, -0.2) is 56.3 Å². The Balaban J connectivity index is 2.53. The van der Waals surface area contributed by atoms with Gasteiger partial charge in [0.1, 0.15) is 0 Å². The molecule has 0 heterocycles. The molecule has 1 rings (SSSR count). The summed E-state index contributed by atoms with van der Waals surface area (Å²) in [5, 5.41) is 3.09. The van der Waals surface area contributed by atoms with E-state index in [2.05, 4.69) is 5.32 Å². The number of carbonyl (C=O) groups excluding carboxylic acids is 2. The summed E-state index contributed by atoms with van der Waals surface area (Å²) < 4.78 is 0. The van der Waals surface area contributed by atoms with E-state index in [1.54, 1.807) is 38.0 Å². The number of benzene rings is 1. The summed E-state index contributed by atoms with van der Waals surface area (Å²) in [5.74, 6) is 0.143. The van der Waals surface area contributed by atoms with Crippen molar-refractivity contribution in [2.24, 2.45) is 0 Å². The quantitative estimate of drug-likeness (QED) is 0.850. The van der Waals surface area contributed by atoms with Crippen LogP contribution in [0.5, 0.6) is 0 Å². The Morgan fingerprint density at radius 2 is 1.70 bits per heavy atom. The van der Waals surface area contributed by atoms with Gasteiger partial charge in [-0.2, -0.15) is 0 Å². The van der Waals surface area contributed by atoms with Gasteiger partial charge in [0.05, 0.1) is 6.54 Å². The van der Waals surface area contributed by atoms with E-state index in [9.17, 15) is 9.59 Å².